The molecule has 2 aromatic rings. The van der Waals surface area contributed by atoms with Crippen molar-refractivity contribution in [1.82, 2.24) is 10.2 Å². The molecule has 128 valence electrons. The SMILES string of the molecule is Cc1cccc(CNCC(c2ccccc2)N2CCOCC2)c1C. The van der Waals surface area contributed by atoms with Gasteiger partial charge in [-0.1, -0.05) is 48.5 Å². The number of hydrogen-bond acceptors (Lipinski definition) is 3. The Kier molecular flexibility index (Phi) is 6.02. The third-order valence-electron chi connectivity index (χ3n) is 5.04. The summed E-state index contributed by atoms with van der Waals surface area (Å²) in [5.74, 6) is 0. The average Bonchev–Trinajstić information content (AvgIpc) is 2.63. The summed E-state index contributed by atoms with van der Waals surface area (Å²) in [6.07, 6.45) is 0. The molecule has 0 aliphatic carbocycles. The van der Waals surface area contributed by atoms with Gasteiger partial charge < -0.3 is 10.1 Å². The molecular weight excluding hydrogens is 296 g/mol. The first-order chi connectivity index (χ1) is 11.8. The monoisotopic (exact) mass is 324 g/mol. The van der Waals surface area contributed by atoms with Crippen molar-refractivity contribution < 1.29 is 4.74 Å². The highest BCUT2D eigenvalue weighted by molar-refractivity contribution is 5.33. The lowest BCUT2D eigenvalue weighted by atomic mass is 10.0. The molecule has 1 saturated heterocycles. The predicted molar refractivity (Wildman–Crippen MR) is 99.2 cm³/mol. The minimum Gasteiger partial charge on any atom is -0.379 e. The molecule has 1 aliphatic rings. The van der Waals surface area contributed by atoms with E-state index in [0.717, 1.165) is 39.4 Å². The van der Waals surface area contributed by atoms with Gasteiger partial charge in [-0.2, -0.15) is 0 Å². The van der Waals surface area contributed by atoms with Gasteiger partial charge in [-0.15, -0.1) is 0 Å². The molecule has 1 fully saturated rings. The molecule has 24 heavy (non-hydrogen) atoms. The third kappa shape index (κ3) is 4.23. The fourth-order valence-electron chi connectivity index (χ4n) is 3.37. The Morgan fingerprint density at radius 3 is 2.50 bits per heavy atom. The number of nitrogens with zero attached hydrogens (tertiary/aromatic N) is 1. The Labute approximate surface area is 145 Å². The summed E-state index contributed by atoms with van der Waals surface area (Å²) < 4.78 is 5.53. The summed E-state index contributed by atoms with van der Waals surface area (Å²) in [5.41, 5.74) is 5.53. The van der Waals surface area contributed by atoms with Crippen molar-refractivity contribution in [2.75, 3.05) is 32.8 Å². The van der Waals surface area contributed by atoms with Crippen molar-refractivity contribution >= 4 is 0 Å². The maximum atomic E-state index is 5.53. The molecule has 0 saturated carbocycles. The van der Waals surface area contributed by atoms with Crippen LogP contribution in [-0.4, -0.2) is 37.7 Å². The second kappa shape index (κ2) is 8.43. The van der Waals surface area contributed by atoms with Gasteiger partial charge in [0.25, 0.3) is 0 Å². The van der Waals surface area contributed by atoms with Gasteiger partial charge in [-0.3, -0.25) is 4.90 Å². The summed E-state index contributed by atoms with van der Waals surface area (Å²) in [6.45, 7) is 9.94. The normalized spacial score (nSPS) is 16.9. The number of aryl methyl sites for hydroxylation is 1. The number of ether oxygens (including phenoxy) is 1. The van der Waals surface area contributed by atoms with Crippen LogP contribution in [0.2, 0.25) is 0 Å². The zero-order valence-corrected chi connectivity index (χ0v) is 14.8. The largest absolute Gasteiger partial charge is 0.379 e. The molecule has 3 nitrogen and oxygen atoms in total. The van der Waals surface area contributed by atoms with Gasteiger partial charge >= 0.3 is 0 Å². The summed E-state index contributed by atoms with van der Waals surface area (Å²) in [4.78, 5) is 2.54. The van der Waals surface area contributed by atoms with Crippen molar-refractivity contribution in [1.29, 1.82) is 0 Å². The topological polar surface area (TPSA) is 24.5 Å². The second-order valence-corrected chi connectivity index (χ2v) is 6.56. The van der Waals surface area contributed by atoms with Gasteiger partial charge in [0.15, 0.2) is 0 Å². The van der Waals surface area contributed by atoms with Crippen LogP contribution >= 0.6 is 0 Å². The van der Waals surface area contributed by atoms with Crippen molar-refractivity contribution in [3.8, 4) is 0 Å². The molecule has 0 spiro atoms. The van der Waals surface area contributed by atoms with E-state index in [-0.39, 0.29) is 0 Å². The summed E-state index contributed by atoms with van der Waals surface area (Å²) in [6, 6.07) is 17.8. The Bertz CT molecular complexity index is 636. The fourth-order valence-corrected chi connectivity index (χ4v) is 3.37. The Balaban J connectivity index is 1.66. The Hall–Kier alpha value is -1.68. The smallest absolute Gasteiger partial charge is 0.0594 e. The van der Waals surface area contributed by atoms with Crippen molar-refractivity contribution in [2.45, 2.75) is 26.4 Å². The van der Waals surface area contributed by atoms with E-state index in [0.29, 0.717) is 6.04 Å². The van der Waals surface area contributed by atoms with Gasteiger partial charge in [0, 0.05) is 32.2 Å². The fraction of sp³-hybridized carbons (Fsp3) is 0.429. The van der Waals surface area contributed by atoms with Crippen molar-refractivity contribution in [2.24, 2.45) is 0 Å². The number of hydrogen-bond donors (Lipinski definition) is 1. The van der Waals surface area contributed by atoms with Crippen LogP contribution in [0.1, 0.15) is 28.3 Å². The summed E-state index contributed by atoms with van der Waals surface area (Å²) >= 11 is 0. The first-order valence-corrected chi connectivity index (χ1v) is 8.88. The van der Waals surface area contributed by atoms with E-state index in [1.54, 1.807) is 0 Å². The van der Waals surface area contributed by atoms with Crippen LogP contribution in [-0.2, 0) is 11.3 Å². The number of benzene rings is 2. The highest BCUT2D eigenvalue weighted by Gasteiger charge is 2.22. The molecule has 3 rings (SSSR count). The zero-order valence-electron chi connectivity index (χ0n) is 14.8. The molecule has 3 heteroatoms. The minimum atomic E-state index is 0.403. The number of morpholine rings is 1. The van der Waals surface area contributed by atoms with E-state index in [2.05, 4.69) is 72.6 Å². The molecule has 1 aliphatic heterocycles. The lowest BCUT2D eigenvalue weighted by molar-refractivity contribution is 0.0161. The molecule has 0 amide bonds. The van der Waals surface area contributed by atoms with E-state index in [1.165, 1.54) is 22.3 Å². The van der Waals surface area contributed by atoms with Gasteiger partial charge in [0.05, 0.1) is 13.2 Å². The van der Waals surface area contributed by atoms with Gasteiger partial charge in [0.2, 0.25) is 0 Å². The molecule has 1 unspecified atom stereocenters. The van der Waals surface area contributed by atoms with E-state index in [4.69, 9.17) is 4.74 Å². The Morgan fingerprint density at radius 2 is 1.75 bits per heavy atom. The molecule has 1 atom stereocenters. The second-order valence-electron chi connectivity index (χ2n) is 6.56. The highest BCUT2D eigenvalue weighted by Crippen LogP contribution is 2.21. The highest BCUT2D eigenvalue weighted by atomic mass is 16.5. The number of nitrogens with one attached hydrogen (secondary N) is 1. The molecular formula is C21H28N2O. The van der Waals surface area contributed by atoms with Crippen LogP contribution in [0.5, 0.6) is 0 Å². The maximum Gasteiger partial charge on any atom is 0.0594 e. The van der Waals surface area contributed by atoms with Crippen LogP contribution in [0.25, 0.3) is 0 Å². The molecule has 0 aromatic heterocycles. The van der Waals surface area contributed by atoms with Crippen LogP contribution in [0, 0.1) is 13.8 Å². The van der Waals surface area contributed by atoms with Gasteiger partial charge in [0.1, 0.15) is 0 Å². The quantitative estimate of drug-likeness (QED) is 0.880. The van der Waals surface area contributed by atoms with Crippen LogP contribution in [0.15, 0.2) is 48.5 Å². The van der Waals surface area contributed by atoms with Crippen molar-refractivity contribution in [3.05, 3.63) is 70.8 Å². The van der Waals surface area contributed by atoms with E-state index in [1.807, 2.05) is 0 Å². The molecule has 0 bridgehead atoms. The van der Waals surface area contributed by atoms with Crippen molar-refractivity contribution in [3.63, 3.8) is 0 Å². The zero-order chi connectivity index (χ0) is 16.8. The molecule has 2 aromatic carbocycles. The van der Waals surface area contributed by atoms with Gasteiger partial charge in [-0.25, -0.2) is 0 Å². The van der Waals surface area contributed by atoms with E-state index in [9.17, 15) is 0 Å². The number of rotatable bonds is 6. The summed E-state index contributed by atoms with van der Waals surface area (Å²) in [5, 5.41) is 3.68. The molecule has 0 radical (unpaired) electrons. The van der Waals surface area contributed by atoms with Gasteiger partial charge in [-0.05, 0) is 36.1 Å². The van der Waals surface area contributed by atoms with Crippen LogP contribution < -0.4 is 5.32 Å². The summed E-state index contributed by atoms with van der Waals surface area (Å²) in [7, 11) is 0. The lowest BCUT2D eigenvalue weighted by Crippen LogP contribution is -2.42. The van der Waals surface area contributed by atoms with E-state index >= 15 is 0 Å². The average molecular weight is 324 g/mol. The third-order valence-corrected chi connectivity index (χ3v) is 5.04. The first kappa shape index (κ1) is 17.2. The minimum absolute atomic E-state index is 0.403. The molecule has 1 N–H and O–H groups in total. The molecule has 1 heterocycles. The lowest BCUT2D eigenvalue weighted by Gasteiger charge is -2.35. The predicted octanol–water partition coefficient (Wildman–Crippen LogP) is 3.47. The van der Waals surface area contributed by atoms with Crippen LogP contribution in [0.3, 0.4) is 0 Å². The standard InChI is InChI=1S/C21H28N2O/c1-17-7-6-10-20(18(17)2)15-22-16-21(19-8-4-3-5-9-19)23-11-13-24-14-12-23/h3-10,21-22H,11-16H2,1-2H3. The maximum absolute atomic E-state index is 5.53. The Morgan fingerprint density at radius 1 is 1.00 bits per heavy atom. The first-order valence-electron chi connectivity index (χ1n) is 8.88. The van der Waals surface area contributed by atoms with Crippen LogP contribution in [0.4, 0.5) is 0 Å². The van der Waals surface area contributed by atoms with E-state index < -0.39 is 0 Å².